The highest BCUT2D eigenvalue weighted by atomic mass is 35.5. The molecular formula is C29H28ClF3N2O2. The van der Waals surface area contributed by atoms with Gasteiger partial charge in [0.15, 0.2) is 11.6 Å². The number of rotatable bonds is 10. The van der Waals surface area contributed by atoms with Crippen molar-refractivity contribution in [3.63, 3.8) is 0 Å². The number of carbonyl (C=O) groups is 1. The van der Waals surface area contributed by atoms with Crippen LogP contribution in [0.2, 0.25) is 5.02 Å². The molecule has 0 radical (unpaired) electrons. The maximum absolute atomic E-state index is 14.3. The van der Waals surface area contributed by atoms with Gasteiger partial charge in [-0.1, -0.05) is 74.5 Å². The van der Waals surface area contributed by atoms with Crippen LogP contribution in [0.1, 0.15) is 44.8 Å². The van der Waals surface area contributed by atoms with Crippen molar-refractivity contribution in [2.75, 3.05) is 11.9 Å². The van der Waals surface area contributed by atoms with E-state index in [4.69, 9.17) is 16.0 Å². The Morgan fingerprint density at radius 3 is 2.41 bits per heavy atom. The standard InChI is InChI=1S/C29H28ClF3N2O2/c1-2-3-4-5-8-14-35(29(36)34-28-23(32)16-21(31)17-24(28)33)18-26-27(19-10-9-11-20(30)15-19)22-12-6-7-13-25(22)37-26/h6-7,9-13,15-17H,2-5,8,14,18H2,1H3,(H,34,36). The van der Waals surface area contributed by atoms with E-state index in [0.717, 1.165) is 42.2 Å². The van der Waals surface area contributed by atoms with Gasteiger partial charge >= 0.3 is 6.03 Å². The Balaban J connectivity index is 1.67. The highest BCUT2D eigenvalue weighted by Gasteiger charge is 2.23. The minimum absolute atomic E-state index is 0.0561. The number of anilines is 1. The normalized spacial score (nSPS) is 11.2. The summed E-state index contributed by atoms with van der Waals surface area (Å²) < 4.78 is 48.1. The number of amides is 2. The lowest BCUT2D eigenvalue weighted by Crippen LogP contribution is -2.36. The summed E-state index contributed by atoms with van der Waals surface area (Å²) in [6, 6.07) is 15.2. The molecular weight excluding hydrogens is 501 g/mol. The Morgan fingerprint density at radius 1 is 0.946 bits per heavy atom. The summed E-state index contributed by atoms with van der Waals surface area (Å²) in [5, 5.41) is 3.70. The number of fused-ring (bicyclic) bond motifs is 1. The van der Waals surface area contributed by atoms with Crippen molar-refractivity contribution in [2.45, 2.75) is 45.6 Å². The van der Waals surface area contributed by atoms with Gasteiger partial charge in [-0.2, -0.15) is 0 Å². The van der Waals surface area contributed by atoms with Crippen LogP contribution >= 0.6 is 11.6 Å². The zero-order chi connectivity index (χ0) is 26.4. The fourth-order valence-corrected chi connectivity index (χ4v) is 4.54. The molecule has 2 amide bonds. The van der Waals surface area contributed by atoms with Crippen molar-refractivity contribution in [1.29, 1.82) is 0 Å². The van der Waals surface area contributed by atoms with E-state index >= 15 is 0 Å². The topological polar surface area (TPSA) is 45.5 Å². The van der Waals surface area contributed by atoms with Crippen LogP contribution in [0.15, 0.2) is 65.1 Å². The molecule has 0 aliphatic heterocycles. The second-order valence-corrected chi connectivity index (χ2v) is 9.35. The van der Waals surface area contributed by atoms with Gasteiger partial charge in [0, 0.05) is 34.6 Å². The quantitative estimate of drug-likeness (QED) is 0.208. The predicted octanol–water partition coefficient (Wildman–Crippen LogP) is 9.18. The number of hydrogen-bond donors (Lipinski definition) is 1. The first kappa shape index (κ1) is 26.6. The molecule has 194 valence electrons. The Bertz CT molecular complexity index is 1370. The average Bonchev–Trinajstić information content (AvgIpc) is 3.23. The maximum atomic E-state index is 14.3. The van der Waals surface area contributed by atoms with Crippen molar-refractivity contribution in [2.24, 2.45) is 0 Å². The van der Waals surface area contributed by atoms with Crippen LogP contribution in [-0.2, 0) is 6.54 Å². The van der Waals surface area contributed by atoms with Gasteiger partial charge in [0.05, 0.1) is 6.54 Å². The van der Waals surface area contributed by atoms with E-state index in [1.165, 1.54) is 4.90 Å². The number of benzene rings is 3. The molecule has 4 rings (SSSR count). The number of urea groups is 1. The van der Waals surface area contributed by atoms with Crippen molar-refractivity contribution >= 4 is 34.3 Å². The maximum Gasteiger partial charge on any atom is 0.322 e. The summed E-state index contributed by atoms with van der Waals surface area (Å²) >= 11 is 6.26. The number of unbranched alkanes of at least 4 members (excludes halogenated alkanes) is 4. The second-order valence-electron chi connectivity index (χ2n) is 8.92. The number of nitrogens with zero attached hydrogens (tertiary/aromatic N) is 1. The van der Waals surface area contributed by atoms with Gasteiger partial charge in [-0.15, -0.1) is 0 Å². The van der Waals surface area contributed by atoms with Crippen molar-refractivity contribution in [1.82, 2.24) is 4.90 Å². The van der Waals surface area contributed by atoms with Gasteiger partial charge < -0.3 is 14.6 Å². The Labute approximate surface area is 219 Å². The molecule has 0 fully saturated rings. The summed E-state index contributed by atoms with van der Waals surface area (Å²) in [5.74, 6) is -2.91. The fraction of sp³-hybridized carbons (Fsp3) is 0.276. The summed E-state index contributed by atoms with van der Waals surface area (Å²) in [6.07, 6.45) is 4.79. The van der Waals surface area contributed by atoms with Crippen LogP contribution in [0.3, 0.4) is 0 Å². The number of furan rings is 1. The van der Waals surface area contributed by atoms with E-state index in [9.17, 15) is 18.0 Å². The lowest BCUT2D eigenvalue weighted by atomic mass is 10.0. The highest BCUT2D eigenvalue weighted by molar-refractivity contribution is 6.30. The van der Waals surface area contributed by atoms with Gasteiger partial charge in [0.1, 0.15) is 22.8 Å². The minimum atomic E-state index is -1.18. The van der Waals surface area contributed by atoms with Crippen molar-refractivity contribution < 1.29 is 22.4 Å². The minimum Gasteiger partial charge on any atom is -0.459 e. The molecule has 1 N–H and O–H groups in total. The molecule has 0 unspecified atom stereocenters. The molecule has 0 aliphatic rings. The van der Waals surface area contributed by atoms with Gasteiger partial charge in [-0.05, 0) is 30.2 Å². The molecule has 3 aromatic carbocycles. The predicted molar refractivity (Wildman–Crippen MR) is 141 cm³/mol. The third-order valence-corrected chi connectivity index (χ3v) is 6.41. The zero-order valence-corrected chi connectivity index (χ0v) is 21.3. The largest absolute Gasteiger partial charge is 0.459 e. The molecule has 8 heteroatoms. The van der Waals surface area contributed by atoms with E-state index in [0.29, 0.717) is 41.5 Å². The summed E-state index contributed by atoms with van der Waals surface area (Å²) in [4.78, 5) is 14.7. The SMILES string of the molecule is CCCCCCCN(Cc1oc2ccccc2c1-c1cccc(Cl)c1)C(=O)Nc1c(F)cc(F)cc1F. The lowest BCUT2D eigenvalue weighted by Gasteiger charge is -2.23. The number of nitrogens with one attached hydrogen (secondary N) is 1. The third-order valence-electron chi connectivity index (χ3n) is 6.17. The number of hydrogen-bond acceptors (Lipinski definition) is 2. The van der Waals surface area contributed by atoms with Gasteiger partial charge in [0.2, 0.25) is 0 Å². The molecule has 0 bridgehead atoms. The molecule has 1 heterocycles. The Kier molecular flexibility index (Phi) is 8.77. The third kappa shape index (κ3) is 6.46. The van der Waals surface area contributed by atoms with Crippen LogP contribution in [-0.4, -0.2) is 17.5 Å². The Hall–Kier alpha value is -3.45. The van der Waals surface area contributed by atoms with E-state index in [1.807, 2.05) is 42.5 Å². The van der Waals surface area contributed by atoms with E-state index in [-0.39, 0.29) is 6.54 Å². The molecule has 1 aromatic heterocycles. The highest BCUT2D eigenvalue weighted by Crippen LogP contribution is 2.36. The smallest absolute Gasteiger partial charge is 0.322 e. The van der Waals surface area contributed by atoms with Gasteiger partial charge in [0.25, 0.3) is 0 Å². The molecule has 0 spiro atoms. The molecule has 0 aliphatic carbocycles. The second kappa shape index (κ2) is 12.2. The molecule has 4 nitrogen and oxygen atoms in total. The van der Waals surface area contributed by atoms with Crippen LogP contribution < -0.4 is 5.32 Å². The van der Waals surface area contributed by atoms with E-state index in [2.05, 4.69) is 12.2 Å². The van der Waals surface area contributed by atoms with Gasteiger partial charge in [-0.25, -0.2) is 18.0 Å². The van der Waals surface area contributed by atoms with Crippen LogP contribution in [0.4, 0.5) is 23.7 Å². The molecule has 4 aromatic rings. The van der Waals surface area contributed by atoms with Crippen LogP contribution in [0.25, 0.3) is 22.1 Å². The van der Waals surface area contributed by atoms with Crippen LogP contribution in [0.5, 0.6) is 0 Å². The first-order chi connectivity index (χ1) is 17.9. The summed E-state index contributed by atoms with van der Waals surface area (Å²) in [7, 11) is 0. The first-order valence-electron chi connectivity index (χ1n) is 12.3. The van der Waals surface area contributed by atoms with Crippen molar-refractivity contribution in [3.8, 4) is 11.1 Å². The van der Waals surface area contributed by atoms with Gasteiger partial charge in [-0.3, -0.25) is 0 Å². The number of carbonyl (C=O) groups excluding carboxylic acids is 1. The summed E-state index contributed by atoms with van der Waals surface area (Å²) in [5.41, 5.74) is 1.57. The first-order valence-corrected chi connectivity index (χ1v) is 12.7. The zero-order valence-electron chi connectivity index (χ0n) is 20.5. The number of para-hydroxylation sites is 1. The molecule has 0 saturated heterocycles. The molecule has 37 heavy (non-hydrogen) atoms. The van der Waals surface area contributed by atoms with Crippen LogP contribution in [0, 0.1) is 17.5 Å². The lowest BCUT2D eigenvalue weighted by molar-refractivity contribution is 0.203. The average molecular weight is 529 g/mol. The van der Waals surface area contributed by atoms with E-state index in [1.54, 1.807) is 6.07 Å². The Morgan fingerprint density at radius 2 is 1.68 bits per heavy atom. The number of halogens is 4. The van der Waals surface area contributed by atoms with Crippen molar-refractivity contribution in [3.05, 3.63) is 88.9 Å². The van der Waals surface area contributed by atoms with E-state index < -0.39 is 29.2 Å². The fourth-order valence-electron chi connectivity index (χ4n) is 4.35. The molecule has 0 saturated carbocycles. The monoisotopic (exact) mass is 528 g/mol. The molecule has 0 atom stereocenters. The summed E-state index contributed by atoms with van der Waals surface area (Å²) in [6.45, 7) is 2.51.